The summed E-state index contributed by atoms with van der Waals surface area (Å²) in [6.07, 6.45) is 0. The van der Waals surface area contributed by atoms with Gasteiger partial charge in [0.15, 0.2) is 0 Å². The van der Waals surface area contributed by atoms with Gasteiger partial charge in [0.2, 0.25) is 0 Å². The predicted molar refractivity (Wildman–Crippen MR) is 68.2 cm³/mol. The van der Waals surface area contributed by atoms with Gasteiger partial charge in [-0.15, -0.1) is 0 Å². The molecule has 2 aromatic carbocycles. The Bertz CT molecular complexity index is 488. The molecule has 83 valence electrons. The second kappa shape index (κ2) is 4.73. The Morgan fingerprint density at radius 1 is 0.882 bits per heavy atom. The van der Waals surface area contributed by atoms with Crippen LogP contribution >= 0.6 is 0 Å². The second-order valence-electron chi connectivity index (χ2n) is 3.78. The van der Waals surface area contributed by atoms with Crippen molar-refractivity contribution in [3.63, 3.8) is 0 Å². The van der Waals surface area contributed by atoms with Crippen molar-refractivity contribution in [3.05, 3.63) is 89.2 Å². The number of benzene rings is 2. The van der Waals surface area contributed by atoms with Crippen molar-refractivity contribution < 1.29 is 0 Å². The Morgan fingerprint density at radius 3 is 1.65 bits per heavy atom. The molecule has 2 rings (SSSR count). The molecule has 0 amide bonds. The highest BCUT2D eigenvalue weighted by atomic mass is 15.2. The molecule has 0 heterocycles. The number of azide groups is 1. The third-order valence-corrected chi connectivity index (χ3v) is 2.72. The van der Waals surface area contributed by atoms with Gasteiger partial charge in [-0.2, -0.15) is 0 Å². The van der Waals surface area contributed by atoms with Crippen LogP contribution < -0.4 is 0 Å². The number of rotatable bonds is 3. The fourth-order valence-corrected chi connectivity index (χ4v) is 1.79. The minimum Gasteiger partial charge on any atom is -0.0778 e. The maximum atomic E-state index is 8.74. The van der Waals surface area contributed by atoms with Crippen LogP contribution in [0.3, 0.4) is 0 Å². The van der Waals surface area contributed by atoms with E-state index in [1.54, 1.807) is 0 Å². The lowest BCUT2D eigenvalue weighted by Gasteiger charge is -2.24. The van der Waals surface area contributed by atoms with E-state index in [0.717, 1.165) is 11.1 Å². The first-order valence-electron chi connectivity index (χ1n) is 5.30. The predicted octanol–water partition coefficient (Wildman–Crippen LogP) is 4.07. The maximum Gasteiger partial charge on any atom is 0.0988 e. The molecule has 17 heavy (non-hydrogen) atoms. The van der Waals surface area contributed by atoms with Crippen molar-refractivity contribution in [2.75, 3.05) is 0 Å². The first-order chi connectivity index (χ1) is 8.27. The van der Waals surface area contributed by atoms with E-state index in [4.69, 9.17) is 5.53 Å². The minimum absolute atomic E-state index is 0.879. The fraction of sp³-hybridized carbons (Fsp3) is 0.0714. The summed E-state index contributed by atoms with van der Waals surface area (Å²) in [4.78, 5) is 2.92. The molecule has 0 unspecified atom stereocenters. The van der Waals surface area contributed by atoms with Gasteiger partial charge in [0.1, 0.15) is 0 Å². The summed E-state index contributed by atoms with van der Waals surface area (Å²) in [6, 6.07) is 19.1. The lowest BCUT2D eigenvalue weighted by Crippen LogP contribution is -2.20. The van der Waals surface area contributed by atoms with E-state index in [0.29, 0.717) is 0 Å². The molecule has 0 aromatic heterocycles. The summed E-state index contributed by atoms with van der Waals surface area (Å²) in [7, 11) is 0. The molecule has 2 aromatic rings. The molecule has 0 aliphatic rings. The Hall–Kier alpha value is -2.25. The molecule has 0 spiro atoms. The summed E-state index contributed by atoms with van der Waals surface area (Å²) in [6.45, 7) is 4.08. The van der Waals surface area contributed by atoms with Crippen molar-refractivity contribution in [1.29, 1.82) is 0 Å². The third-order valence-electron chi connectivity index (χ3n) is 2.72. The molecule has 0 atom stereocenters. The van der Waals surface area contributed by atoms with E-state index in [1.807, 2.05) is 60.7 Å². The van der Waals surface area contributed by atoms with Crippen molar-refractivity contribution in [2.24, 2.45) is 5.11 Å². The largest absolute Gasteiger partial charge is 0.0988 e. The number of hydrogen-bond acceptors (Lipinski definition) is 1. The Labute approximate surface area is 100 Å². The normalized spacial score (nSPS) is 10.6. The van der Waals surface area contributed by atoms with Crippen LogP contribution in [0.5, 0.6) is 0 Å². The molecule has 0 N–H and O–H groups in total. The summed E-state index contributed by atoms with van der Waals surface area (Å²) in [5.41, 5.74) is 9.59. The molecule has 0 aliphatic heterocycles. The van der Waals surface area contributed by atoms with Crippen LogP contribution in [0.4, 0.5) is 0 Å². The highest BCUT2D eigenvalue weighted by Gasteiger charge is 2.27. The summed E-state index contributed by atoms with van der Waals surface area (Å²) < 4.78 is 0. The van der Waals surface area contributed by atoms with Gasteiger partial charge in [-0.1, -0.05) is 65.8 Å². The van der Waals surface area contributed by atoms with E-state index < -0.39 is 5.54 Å². The Balaban J connectivity index is 2.59. The molecular formula is C14H12N3. The van der Waals surface area contributed by atoms with E-state index >= 15 is 0 Å². The van der Waals surface area contributed by atoms with Gasteiger partial charge in [-0.05, 0) is 23.6 Å². The lowest BCUT2D eigenvalue weighted by atomic mass is 9.86. The average Bonchev–Trinajstić information content (AvgIpc) is 2.41. The Morgan fingerprint density at radius 2 is 1.29 bits per heavy atom. The summed E-state index contributed by atoms with van der Waals surface area (Å²) in [5, 5.41) is 3.87. The fourth-order valence-electron chi connectivity index (χ4n) is 1.79. The minimum atomic E-state index is -0.905. The van der Waals surface area contributed by atoms with Gasteiger partial charge in [0.05, 0.1) is 5.54 Å². The lowest BCUT2D eigenvalue weighted by molar-refractivity contribution is 0.670. The van der Waals surface area contributed by atoms with Crippen molar-refractivity contribution in [3.8, 4) is 0 Å². The third kappa shape index (κ3) is 2.14. The monoisotopic (exact) mass is 222 g/mol. The van der Waals surface area contributed by atoms with E-state index in [-0.39, 0.29) is 0 Å². The molecule has 1 radical (unpaired) electrons. The molecule has 0 fully saturated rings. The zero-order valence-electron chi connectivity index (χ0n) is 9.32. The number of hydrogen-bond donors (Lipinski definition) is 0. The van der Waals surface area contributed by atoms with Gasteiger partial charge in [0, 0.05) is 4.91 Å². The van der Waals surface area contributed by atoms with Crippen LogP contribution in [0.25, 0.3) is 10.4 Å². The molecule has 0 bridgehead atoms. The SMILES string of the molecule is [CH2]C(N=[N+]=[N-])(c1ccccc1)c1ccccc1. The molecule has 0 aliphatic carbocycles. The maximum absolute atomic E-state index is 8.74. The zero-order valence-corrected chi connectivity index (χ0v) is 9.32. The van der Waals surface area contributed by atoms with Gasteiger partial charge in [0.25, 0.3) is 0 Å². The van der Waals surface area contributed by atoms with E-state index in [2.05, 4.69) is 16.9 Å². The first-order valence-corrected chi connectivity index (χ1v) is 5.30. The second-order valence-corrected chi connectivity index (χ2v) is 3.78. The van der Waals surface area contributed by atoms with Crippen LogP contribution in [0.15, 0.2) is 65.8 Å². The van der Waals surface area contributed by atoms with Gasteiger partial charge in [-0.25, -0.2) is 0 Å². The highest BCUT2D eigenvalue weighted by molar-refractivity contribution is 5.39. The molecule has 0 saturated carbocycles. The summed E-state index contributed by atoms with van der Waals surface area (Å²) in [5.74, 6) is 0. The molecule has 3 heteroatoms. The van der Waals surface area contributed by atoms with Crippen molar-refractivity contribution in [1.82, 2.24) is 0 Å². The van der Waals surface area contributed by atoms with Gasteiger partial charge >= 0.3 is 0 Å². The van der Waals surface area contributed by atoms with Crippen LogP contribution in [-0.2, 0) is 5.54 Å². The van der Waals surface area contributed by atoms with Crippen LogP contribution in [0, 0.1) is 6.92 Å². The highest BCUT2D eigenvalue weighted by Crippen LogP contribution is 2.32. The molecule has 0 saturated heterocycles. The van der Waals surface area contributed by atoms with E-state index in [1.165, 1.54) is 0 Å². The smallest absolute Gasteiger partial charge is 0.0778 e. The Kier molecular flexibility index (Phi) is 3.12. The first kappa shape index (κ1) is 11.2. The van der Waals surface area contributed by atoms with Crippen molar-refractivity contribution in [2.45, 2.75) is 5.54 Å². The van der Waals surface area contributed by atoms with Gasteiger partial charge in [-0.3, -0.25) is 0 Å². The summed E-state index contributed by atoms with van der Waals surface area (Å²) >= 11 is 0. The molecular weight excluding hydrogens is 210 g/mol. The average molecular weight is 222 g/mol. The topological polar surface area (TPSA) is 48.8 Å². The van der Waals surface area contributed by atoms with Crippen LogP contribution in [0.2, 0.25) is 0 Å². The number of nitrogens with zero attached hydrogens (tertiary/aromatic N) is 3. The molecule has 3 nitrogen and oxygen atoms in total. The van der Waals surface area contributed by atoms with Crippen LogP contribution in [0.1, 0.15) is 11.1 Å². The van der Waals surface area contributed by atoms with Gasteiger partial charge < -0.3 is 0 Å². The standard InChI is InChI=1S/C14H12N3/c1-14(16-17-15,12-8-4-2-5-9-12)13-10-6-3-7-11-13/h2-11H,1H2. The quantitative estimate of drug-likeness (QED) is 0.427. The van der Waals surface area contributed by atoms with Crippen molar-refractivity contribution >= 4 is 0 Å². The van der Waals surface area contributed by atoms with Crippen LogP contribution in [-0.4, -0.2) is 0 Å². The zero-order chi connectivity index (χ0) is 12.1. The van der Waals surface area contributed by atoms with E-state index in [9.17, 15) is 0 Å².